The van der Waals surface area contributed by atoms with Gasteiger partial charge in [0.05, 0.1) is 0 Å². The number of nitrogens with two attached hydrogens (primary N) is 1. The highest BCUT2D eigenvalue weighted by atomic mass is 16.4. The number of carboxylic acids is 1. The molecule has 15 heavy (non-hydrogen) atoms. The van der Waals surface area contributed by atoms with Crippen molar-refractivity contribution >= 4 is 11.9 Å². The van der Waals surface area contributed by atoms with Crippen molar-refractivity contribution in [1.82, 2.24) is 5.32 Å². The van der Waals surface area contributed by atoms with Crippen molar-refractivity contribution in [2.45, 2.75) is 12.1 Å². The van der Waals surface area contributed by atoms with Crippen LogP contribution in [0.3, 0.4) is 0 Å². The second-order valence-electron chi connectivity index (χ2n) is 3.39. The van der Waals surface area contributed by atoms with E-state index < -0.39 is 24.0 Å². The largest absolute Gasteiger partial charge is 0.479 e. The van der Waals surface area contributed by atoms with Crippen LogP contribution in [0.5, 0.6) is 0 Å². The predicted molar refractivity (Wildman–Crippen MR) is 51.9 cm³/mol. The number of carboxylic acid groups (broad SMARTS) is 1. The van der Waals surface area contributed by atoms with Gasteiger partial charge in [-0.25, -0.2) is 4.79 Å². The fourth-order valence-corrected chi connectivity index (χ4v) is 1.70. The van der Waals surface area contributed by atoms with Gasteiger partial charge in [0.1, 0.15) is 6.04 Å². The minimum atomic E-state index is -1.08. The lowest BCUT2D eigenvalue weighted by molar-refractivity contribution is -0.142. The van der Waals surface area contributed by atoms with E-state index >= 15 is 0 Å². The second kappa shape index (κ2) is 3.36. The molecule has 2 rings (SSSR count). The molecule has 1 aromatic carbocycles. The van der Waals surface area contributed by atoms with Gasteiger partial charge in [-0.1, -0.05) is 24.3 Å². The first-order chi connectivity index (χ1) is 7.11. The zero-order valence-electron chi connectivity index (χ0n) is 7.81. The van der Waals surface area contributed by atoms with Crippen LogP contribution in [0.25, 0.3) is 0 Å². The van der Waals surface area contributed by atoms with Crippen molar-refractivity contribution in [3.05, 3.63) is 35.4 Å². The summed E-state index contributed by atoms with van der Waals surface area (Å²) >= 11 is 0. The number of benzene rings is 1. The van der Waals surface area contributed by atoms with E-state index in [4.69, 9.17) is 10.8 Å². The maximum atomic E-state index is 11.4. The van der Waals surface area contributed by atoms with Gasteiger partial charge in [0.15, 0.2) is 6.04 Å². The standard InChI is InChI=1S/C10H10N2O3/c11-7-5-3-1-2-4-6(5)8(10(14)15)12-9(7)13/h1-4,7-8H,11H2,(H,12,13)(H,14,15)/t7-,8+/m1/s1. The van der Waals surface area contributed by atoms with Crippen molar-refractivity contribution < 1.29 is 14.7 Å². The number of aliphatic carboxylic acids is 1. The third kappa shape index (κ3) is 1.46. The molecule has 0 unspecified atom stereocenters. The van der Waals surface area contributed by atoms with Gasteiger partial charge in [-0.2, -0.15) is 0 Å². The molecule has 0 aromatic heterocycles. The maximum Gasteiger partial charge on any atom is 0.330 e. The Kier molecular flexibility index (Phi) is 2.17. The topological polar surface area (TPSA) is 92.4 Å². The Morgan fingerprint density at radius 3 is 2.53 bits per heavy atom. The number of hydrogen-bond donors (Lipinski definition) is 3. The van der Waals surface area contributed by atoms with E-state index in [1.54, 1.807) is 24.3 Å². The van der Waals surface area contributed by atoms with E-state index in [1.807, 2.05) is 0 Å². The molecule has 1 aliphatic heterocycles. The molecule has 0 saturated heterocycles. The molecule has 78 valence electrons. The van der Waals surface area contributed by atoms with Crippen LogP contribution in [-0.2, 0) is 9.59 Å². The molecule has 1 aromatic rings. The summed E-state index contributed by atoms with van der Waals surface area (Å²) in [4.78, 5) is 22.3. The summed E-state index contributed by atoms with van der Waals surface area (Å²) in [7, 11) is 0. The molecule has 4 N–H and O–H groups in total. The first-order valence-electron chi connectivity index (χ1n) is 4.49. The molecule has 0 fully saturated rings. The van der Waals surface area contributed by atoms with Crippen LogP contribution in [0.4, 0.5) is 0 Å². The average Bonchev–Trinajstić information content (AvgIpc) is 2.23. The fourth-order valence-electron chi connectivity index (χ4n) is 1.70. The summed E-state index contributed by atoms with van der Waals surface area (Å²) < 4.78 is 0. The molecule has 5 nitrogen and oxygen atoms in total. The smallest absolute Gasteiger partial charge is 0.330 e. The highest BCUT2D eigenvalue weighted by molar-refractivity contribution is 5.91. The van der Waals surface area contributed by atoms with Crippen molar-refractivity contribution in [1.29, 1.82) is 0 Å². The number of hydrogen-bond acceptors (Lipinski definition) is 3. The Bertz CT molecular complexity index is 430. The number of rotatable bonds is 1. The number of amides is 1. The third-order valence-corrected chi connectivity index (χ3v) is 2.46. The summed E-state index contributed by atoms with van der Waals surface area (Å²) in [5, 5.41) is 11.3. The third-order valence-electron chi connectivity index (χ3n) is 2.46. The summed E-state index contributed by atoms with van der Waals surface area (Å²) in [5.74, 6) is -1.54. The molecule has 1 aliphatic rings. The lowest BCUT2D eigenvalue weighted by Gasteiger charge is -2.27. The van der Waals surface area contributed by atoms with Gasteiger partial charge in [0, 0.05) is 0 Å². The highest BCUT2D eigenvalue weighted by Gasteiger charge is 2.34. The monoisotopic (exact) mass is 206 g/mol. The van der Waals surface area contributed by atoms with Crippen LogP contribution in [0.2, 0.25) is 0 Å². The van der Waals surface area contributed by atoms with Gasteiger partial charge < -0.3 is 16.2 Å². The molecule has 0 saturated carbocycles. The van der Waals surface area contributed by atoms with Crippen LogP contribution in [0.1, 0.15) is 23.2 Å². The van der Waals surface area contributed by atoms with Gasteiger partial charge in [0.25, 0.3) is 0 Å². The Balaban J connectivity index is 2.54. The molecule has 1 heterocycles. The predicted octanol–water partition coefficient (Wildman–Crippen LogP) is -0.0581. The van der Waals surface area contributed by atoms with Crippen LogP contribution >= 0.6 is 0 Å². The van der Waals surface area contributed by atoms with Crippen LogP contribution < -0.4 is 11.1 Å². The molecular formula is C10H10N2O3. The summed E-state index contributed by atoms with van der Waals surface area (Å²) in [6, 6.07) is 5.02. The second-order valence-corrected chi connectivity index (χ2v) is 3.39. The summed E-state index contributed by atoms with van der Waals surface area (Å²) in [5.41, 5.74) is 6.78. The summed E-state index contributed by atoms with van der Waals surface area (Å²) in [6.45, 7) is 0. The van der Waals surface area contributed by atoms with Crippen molar-refractivity contribution in [2.24, 2.45) is 5.73 Å². The molecule has 1 amide bonds. The van der Waals surface area contributed by atoms with Crippen LogP contribution in [-0.4, -0.2) is 17.0 Å². The lowest BCUT2D eigenvalue weighted by atomic mass is 9.91. The van der Waals surface area contributed by atoms with E-state index in [-0.39, 0.29) is 0 Å². The SMILES string of the molecule is N[C@H]1C(=O)N[C@H](C(=O)O)c2ccccc21. The first-order valence-corrected chi connectivity index (χ1v) is 4.49. The maximum absolute atomic E-state index is 11.4. The van der Waals surface area contributed by atoms with E-state index in [2.05, 4.69) is 5.32 Å². The zero-order chi connectivity index (χ0) is 11.0. The van der Waals surface area contributed by atoms with Gasteiger partial charge >= 0.3 is 5.97 Å². The normalized spacial score (nSPS) is 24.2. The van der Waals surface area contributed by atoms with Crippen LogP contribution in [0, 0.1) is 0 Å². The van der Waals surface area contributed by atoms with E-state index in [1.165, 1.54) is 0 Å². The van der Waals surface area contributed by atoms with Gasteiger partial charge in [-0.05, 0) is 11.1 Å². The number of carbonyl (C=O) groups is 2. The van der Waals surface area contributed by atoms with E-state index in [0.29, 0.717) is 11.1 Å². The van der Waals surface area contributed by atoms with Gasteiger partial charge in [-0.15, -0.1) is 0 Å². The average molecular weight is 206 g/mol. The molecule has 2 atom stereocenters. The Morgan fingerprint density at radius 2 is 1.93 bits per heavy atom. The van der Waals surface area contributed by atoms with Crippen molar-refractivity contribution in [2.75, 3.05) is 0 Å². The summed E-state index contributed by atoms with van der Waals surface area (Å²) in [6.07, 6.45) is 0. The Hall–Kier alpha value is -1.88. The van der Waals surface area contributed by atoms with Gasteiger partial charge in [-0.3, -0.25) is 4.79 Å². The molecule has 0 bridgehead atoms. The Morgan fingerprint density at radius 1 is 1.33 bits per heavy atom. The first kappa shape index (κ1) is 9.67. The molecule has 0 aliphatic carbocycles. The molecule has 0 spiro atoms. The molecule has 5 heteroatoms. The van der Waals surface area contributed by atoms with Crippen molar-refractivity contribution in [3.8, 4) is 0 Å². The Labute approximate surface area is 85.9 Å². The van der Waals surface area contributed by atoms with E-state index in [0.717, 1.165) is 0 Å². The van der Waals surface area contributed by atoms with Gasteiger partial charge in [0.2, 0.25) is 5.91 Å². The molecular weight excluding hydrogens is 196 g/mol. The zero-order valence-corrected chi connectivity index (χ0v) is 7.81. The van der Waals surface area contributed by atoms with Crippen molar-refractivity contribution in [3.63, 3.8) is 0 Å². The lowest BCUT2D eigenvalue weighted by Crippen LogP contribution is -2.44. The molecule has 0 radical (unpaired) electrons. The minimum Gasteiger partial charge on any atom is -0.479 e. The fraction of sp³-hybridized carbons (Fsp3) is 0.200. The quantitative estimate of drug-likeness (QED) is 0.600. The number of nitrogens with one attached hydrogen (secondary N) is 1. The number of fused-ring (bicyclic) bond motifs is 1. The highest BCUT2D eigenvalue weighted by Crippen LogP contribution is 2.27. The van der Waals surface area contributed by atoms with Crippen LogP contribution in [0.15, 0.2) is 24.3 Å². The number of carbonyl (C=O) groups excluding carboxylic acids is 1. The van der Waals surface area contributed by atoms with E-state index in [9.17, 15) is 9.59 Å². The minimum absolute atomic E-state index is 0.457.